The molecule has 1 aliphatic heterocycles. The van der Waals surface area contributed by atoms with E-state index in [1.54, 1.807) is 32.6 Å². The Morgan fingerprint density at radius 3 is 2.54 bits per heavy atom. The van der Waals surface area contributed by atoms with Gasteiger partial charge < -0.3 is 27.3 Å². The molecule has 9 nitrogen and oxygen atoms in total. The third-order valence-corrected chi connectivity index (χ3v) is 6.55. The molecule has 10 heteroatoms. The van der Waals surface area contributed by atoms with Gasteiger partial charge in [-0.3, -0.25) is 14.8 Å². The number of anilines is 1. The SMILES string of the molecule is C.CN=C/C1=C(\N)c2ccc(F)cc2[C@@H](C)Oc2cc(cnc2NC)C(=NC2CCC2)/C(=C(/C)N)C1.NC=O. The van der Waals surface area contributed by atoms with Gasteiger partial charge in [-0.2, -0.15) is 0 Å². The number of fused-ring (bicyclic) bond motifs is 3. The Labute approximate surface area is 230 Å². The van der Waals surface area contributed by atoms with Gasteiger partial charge in [0.15, 0.2) is 11.6 Å². The molecule has 1 saturated carbocycles. The minimum absolute atomic E-state index is 0. The number of primary amides is 1. The molecule has 1 amide bonds. The van der Waals surface area contributed by atoms with Crippen molar-refractivity contribution in [1.29, 1.82) is 0 Å². The largest absolute Gasteiger partial charge is 0.482 e. The van der Waals surface area contributed by atoms with Gasteiger partial charge in [0.25, 0.3) is 0 Å². The second-order valence-electron chi connectivity index (χ2n) is 9.18. The zero-order valence-electron chi connectivity index (χ0n) is 22.3. The van der Waals surface area contributed by atoms with E-state index in [4.69, 9.17) is 26.0 Å². The Balaban J connectivity index is 0.00000127. The van der Waals surface area contributed by atoms with Crippen LogP contribution in [-0.4, -0.2) is 43.5 Å². The molecule has 1 aliphatic carbocycles. The molecule has 2 aromatic rings. The van der Waals surface area contributed by atoms with Crippen LogP contribution >= 0.6 is 0 Å². The van der Waals surface area contributed by atoms with E-state index in [0.29, 0.717) is 40.5 Å². The second-order valence-corrected chi connectivity index (χ2v) is 9.18. The summed E-state index contributed by atoms with van der Waals surface area (Å²) in [5, 5.41) is 3.08. The number of aromatic nitrogens is 1. The van der Waals surface area contributed by atoms with E-state index in [9.17, 15) is 4.39 Å². The fourth-order valence-corrected chi connectivity index (χ4v) is 4.39. The van der Waals surface area contributed by atoms with Crippen LogP contribution in [0, 0.1) is 5.82 Å². The predicted molar refractivity (Wildman–Crippen MR) is 157 cm³/mol. The van der Waals surface area contributed by atoms with Crippen molar-refractivity contribution in [3.63, 3.8) is 0 Å². The molecule has 2 bridgehead atoms. The number of hydrogen-bond acceptors (Lipinski definition) is 8. The van der Waals surface area contributed by atoms with Crippen molar-refractivity contribution < 1.29 is 13.9 Å². The first kappa shape index (κ1) is 31.0. The maximum absolute atomic E-state index is 14.3. The molecule has 7 N–H and O–H groups in total. The van der Waals surface area contributed by atoms with E-state index in [2.05, 4.69) is 21.0 Å². The highest BCUT2D eigenvalue weighted by Gasteiger charge is 2.25. The Morgan fingerprint density at radius 2 is 1.97 bits per heavy atom. The van der Waals surface area contributed by atoms with Gasteiger partial charge >= 0.3 is 0 Å². The quantitative estimate of drug-likeness (QED) is 0.334. The van der Waals surface area contributed by atoms with Crippen LogP contribution < -0.4 is 27.3 Å². The van der Waals surface area contributed by atoms with Gasteiger partial charge in [-0.1, -0.05) is 7.43 Å². The van der Waals surface area contributed by atoms with Crippen LogP contribution in [0.3, 0.4) is 0 Å². The zero-order valence-corrected chi connectivity index (χ0v) is 22.3. The number of hydrogen-bond donors (Lipinski definition) is 4. The monoisotopic (exact) mass is 537 g/mol. The minimum Gasteiger partial charge on any atom is -0.482 e. The number of nitrogens with one attached hydrogen (secondary N) is 1. The van der Waals surface area contributed by atoms with Crippen LogP contribution in [-0.2, 0) is 4.79 Å². The number of ether oxygens (including phenoxy) is 1. The third kappa shape index (κ3) is 7.22. The summed E-state index contributed by atoms with van der Waals surface area (Å²) < 4.78 is 20.7. The Hall–Kier alpha value is -4.21. The lowest BCUT2D eigenvalue weighted by atomic mass is 9.89. The number of benzene rings is 1. The molecule has 1 aromatic heterocycles. The van der Waals surface area contributed by atoms with Crippen LogP contribution in [0.1, 0.15) is 69.8 Å². The van der Waals surface area contributed by atoms with Crippen LogP contribution in [0.4, 0.5) is 10.2 Å². The number of nitrogens with zero attached hydrogens (tertiary/aromatic N) is 3. The number of halogens is 1. The maximum Gasteiger partial charge on any atom is 0.204 e. The average Bonchev–Trinajstić information content (AvgIpc) is 2.86. The van der Waals surface area contributed by atoms with E-state index < -0.39 is 6.10 Å². The van der Waals surface area contributed by atoms with Gasteiger partial charge in [0.05, 0.1) is 11.8 Å². The molecule has 4 rings (SSSR count). The number of pyridine rings is 1. The van der Waals surface area contributed by atoms with E-state index in [1.807, 2.05) is 19.9 Å². The topological polar surface area (TPSA) is 154 Å². The summed E-state index contributed by atoms with van der Waals surface area (Å²) in [7, 11) is 3.48. The fraction of sp³-hybridized carbons (Fsp3) is 0.379. The smallest absolute Gasteiger partial charge is 0.204 e. The van der Waals surface area contributed by atoms with Crippen molar-refractivity contribution in [2.75, 3.05) is 19.4 Å². The highest BCUT2D eigenvalue weighted by molar-refractivity contribution is 6.14. The van der Waals surface area contributed by atoms with Crippen molar-refractivity contribution in [3.05, 3.63) is 69.8 Å². The molecule has 2 aliphatic rings. The third-order valence-electron chi connectivity index (χ3n) is 6.55. The summed E-state index contributed by atoms with van der Waals surface area (Å²) in [5.74, 6) is 0.760. The molecule has 2 heterocycles. The summed E-state index contributed by atoms with van der Waals surface area (Å²) in [6.07, 6.45) is 6.94. The molecule has 1 aromatic carbocycles. The van der Waals surface area contributed by atoms with Crippen molar-refractivity contribution in [3.8, 4) is 5.75 Å². The number of aliphatic imine (C=N–C) groups is 2. The van der Waals surface area contributed by atoms with Crippen molar-refractivity contribution in [2.24, 2.45) is 27.2 Å². The van der Waals surface area contributed by atoms with Gasteiger partial charge in [-0.05, 0) is 62.9 Å². The van der Waals surface area contributed by atoms with Crippen molar-refractivity contribution in [1.82, 2.24) is 4.98 Å². The molecule has 210 valence electrons. The van der Waals surface area contributed by atoms with Gasteiger partial charge in [-0.25, -0.2) is 9.37 Å². The molecule has 0 unspecified atom stereocenters. The molecule has 1 atom stereocenters. The van der Waals surface area contributed by atoms with Gasteiger partial charge in [-0.15, -0.1) is 0 Å². The van der Waals surface area contributed by atoms with Crippen LogP contribution in [0.2, 0.25) is 0 Å². The standard InChI is InChI=1S/C27H33FN6O.CH3NO.CH4/c1-15(29)22-10-17(13-31-3)25(30)21-9-8-19(28)12-23(21)16(2)35-24-11-18(14-33-27(24)32-4)26(22)34-20-6-5-7-20;2-1-3;/h8-9,11-14,16,20H,5-7,10,29-30H2,1-4H3,(H,32,33);1H,(H2,2,3);1H4/b22-15-,25-17-,31-13?,34-26?;;/t16-;;/m1../s1. The number of allylic oxidation sites excluding steroid dienone is 3. The number of nitrogens with two attached hydrogens (primary N) is 3. The lowest BCUT2D eigenvalue weighted by molar-refractivity contribution is -0.106. The summed E-state index contributed by atoms with van der Waals surface area (Å²) in [4.78, 5) is 22.5. The lowest BCUT2D eigenvalue weighted by Gasteiger charge is -2.26. The van der Waals surface area contributed by atoms with E-state index in [0.717, 1.165) is 35.3 Å². The molecular formula is C29H40FN7O2. The Kier molecular flexibility index (Phi) is 11.2. The first-order valence-electron chi connectivity index (χ1n) is 12.5. The molecular weight excluding hydrogens is 497 g/mol. The number of rotatable bonds is 3. The van der Waals surface area contributed by atoms with Crippen LogP contribution in [0.5, 0.6) is 5.75 Å². The highest BCUT2D eigenvalue weighted by atomic mass is 19.1. The summed E-state index contributed by atoms with van der Waals surface area (Å²) in [5.41, 5.74) is 23.0. The molecule has 0 saturated heterocycles. The summed E-state index contributed by atoms with van der Waals surface area (Å²) in [6, 6.07) is 6.72. The number of carbonyl (C=O) groups is 1. The van der Waals surface area contributed by atoms with Gasteiger partial charge in [0, 0.05) is 66.6 Å². The maximum atomic E-state index is 14.3. The lowest BCUT2D eigenvalue weighted by Crippen LogP contribution is -2.22. The van der Waals surface area contributed by atoms with Crippen molar-refractivity contribution in [2.45, 2.75) is 59.1 Å². The molecule has 39 heavy (non-hydrogen) atoms. The van der Waals surface area contributed by atoms with E-state index >= 15 is 0 Å². The minimum atomic E-state index is -0.499. The first-order valence-corrected chi connectivity index (χ1v) is 12.5. The first-order chi connectivity index (χ1) is 18.2. The normalized spacial score (nSPS) is 21.6. The highest BCUT2D eigenvalue weighted by Crippen LogP contribution is 2.35. The summed E-state index contributed by atoms with van der Waals surface area (Å²) >= 11 is 0. The number of amides is 1. The number of carbonyl (C=O) groups excluding carboxylic acids is 1. The average molecular weight is 538 g/mol. The molecule has 0 spiro atoms. The van der Waals surface area contributed by atoms with E-state index in [-0.39, 0.29) is 25.7 Å². The van der Waals surface area contributed by atoms with Crippen LogP contribution in [0.25, 0.3) is 5.70 Å². The van der Waals surface area contributed by atoms with E-state index in [1.165, 1.54) is 18.6 Å². The fourth-order valence-electron chi connectivity index (χ4n) is 4.39. The second kappa shape index (κ2) is 14.1. The molecule has 1 fully saturated rings. The van der Waals surface area contributed by atoms with Crippen molar-refractivity contribution >= 4 is 29.9 Å². The summed E-state index contributed by atoms with van der Waals surface area (Å²) in [6.45, 7) is 3.74. The predicted octanol–water partition coefficient (Wildman–Crippen LogP) is 4.49. The Bertz CT molecular complexity index is 1290. The van der Waals surface area contributed by atoms with Gasteiger partial charge in [0.2, 0.25) is 6.41 Å². The molecule has 0 radical (unpaired) electrons. The Morgan fingerprint density at radius 1 is 1.28 bits per heavy atom. The zero-order chi connectivity index (χ0) is 27.8. The van der Waals surface area contributed by atoms with Gasteiger partial charge in [0.1, 0.15) is 11.9 Å². The van der Waals surface area contributed by atoms with Crippen LogP contribution in [0.15, 0.2) is 57.3 Å².